The van der Waals surface area contributed by atoms with Gasteiger partial charge in [-0.25, -0.2) is 9.59 Å². The number of carboxylic acid groups (broad SMARTS) is 2. The second-order valence-electron chi connectivity index (χ2n) is 4.31. The SMILES string of the molecule is CCNc1ccccc1C(=O)O.Nc1cccc(C(=O)O)c1. The molecule has 0 atom stereocenters. The Kier molecular flexibility index (Phi) is 6.43. The van der Waals surface area contributed by atoms with Gasteiger partial charge in [-0.1, -0.05) is 18.2 Å². The van der Waals surface area contributed by atoms with Gasteiger partial charge < -0.3 is 21.3 Å². The molecular weight excluding hydrogens is 284 g/mol. The van der Waals surface area contributed by atoms with Crippen LogP contribution in [0.15, 0.2) is 48.5 Å². The first kappa shape index (κ1) is 17.0. The average molecular weight is 302 g/mol. The van der Waals surface area contributed by atoms with Gasteiger partial charge in [0.05, 0.1) is 11.1 Å². The van der Waals surface area contributed by atoms with Crippen molar-refractivity contribution < 1.29 is 19.8 Å². The number of nitrogens with two attached hydrogens (primary N) is 1. The zero-order chi connectivity index (χ0) is 16.5. The van der Waals surface area contributed by atoms with Crippen LogP contribution in [0.2, 0.25) is 0 Å². The lowest BCUT2D eigenvalue weighted by Gasteiger charge is -2.05. The number of nitrogen functional groups attached to an aromatic ring is 1. The molecule has 0 aliphatic carbocycles. The lowest BCUT2D eigenvalue weighted by molar-refractivity contribution is 0.0686. The van der Waals surface area contributed by atoms with Crippen molar-refractivity contribution in [2.75, 3.05) is 17.6 Å². The predicted molar refractivity (Wildman–Crippen MR) is 85.4 cm³/mol. The minimum absolute atomic E-state index is 0.222. The third-order valence-corrected chi connectivity index (χ3v) is 2.66. The molecule has 0 radical (unpaired) electrons. The smallest absolute Gasteiger partial charge is 0.337 e. The normalized spacial score (nSPS) is 9.32. The summed E-state index contributed by atoms with van der Waals surface area (Å²) >= 11 is 0. The Morgan fingerprint density at radius 3 is 2.23 bits per heavy atom. The Labute approximate surface area is 128 Å². The molecule has 0 heterocycles. The maximum atomic E-state index is 10.7. The van der Waals surface area contributed by atoms with Gasteiger partial charge in [0, 0.05) is 17.9 Å². The van der Waals surface area contributed by atoms with Crippen molar-refractivity contribution in [1.29, 1.82) is 0 Å². The van der Waals surface area contributed by atoms with Gasteiger partial charge in [0.25, 0.3) is 0 Å². The van der Waals surface area contributed by atoms with E-state index in [0.29, 0.717) is 16.9 Å². The van der Waals surface area contributed by atoms with Crippen LogP contribution in [-0.2, 0) is 0 Å². The molecule has 22 heavy (non-hydrogen) atoms. The highest BCUT2D eigenvalue weighted by Crippen LogP contribution is 2.13. The van der Waals surface area contributed by atoms with Crippen molar-refractivity contribution in [3.8, 4) is 0 Å². The Bertz CT molecular complexity index is 656. The first-order valence-corrected chi connectivity index (χ1v) is 6.60. The topological polar surface area (TPSA) is 113 Å². The summed E-state index contributed by atoms with van der Waals surface area (Å²) in [6.45, 7) is 2.66. The molecule has 0 amide bonds. The van der Waals surface area contributed by atoms with Gasteiger partial charge in [0.1, 0.15) is 0 Å². The van der Waals surface area contributed by atoms with Crippen molar-refractivity contribution in [3.05, 3.63) is 59.7 Å². The fraction of sp³-hybridized carbons (Fsp3) is 0.125. The number of hydrogen-bond acceptors (Lipinski definition) is 4. The van der Waals surface area contributed by atoms with E-state index < -0.39 is 11.9 Å². The number of rotatable bonds is 4. The van der Waals surface area contributed by atoms with E-state index in [-0.39, 0.29) is 5.56 Å². The van der Waals surface area contributed by atoms with Crippen molar-refractivity contribution in [3.63, 3.8) is 0 Å². The second-order valence-corrected chi connectivity index (χ2v) is 4.31. The lowest BCUT2D eigenvalue weighted by atomic mass is 10.2. The Morgan fingerprint density at radius 2 is 1.73 bits per heavy atom. The molecule has 0 aliphatic heterocycles. The quantitative estimate of drug-likeness (QED) is 0.646. The number of para-hydroxylation sites is 1. The third-order valence-electron chi connectivity index (χ3n) is 2.66. The van der Waals surface area contributed by atoms with Crippen LogP contribution >= 0.6 is 0 Å². The Balaban J connectivity index is 0.000000224. The molecule has 6 nitrogen and oxygen atoms in total. The minimum Gasteiger partial charge on any atom is -0.478 e. The van der Waals surface area contributed by atoms with Crippen molar-refractivity contribution in [2.45, 2.75) is 6.92 Å². The first-order valence-electron chi connectivity index (χ1n) is 6.60. The van der Waals surface area contributed by atoms with Crippen molar-refractivity contribution >= 4 is 23.3 Å². The molecule has 0 saturated carbocycles. The van der Waals surface area contributed by atoms with Crippen LogP contribution in [0.4, 0.5) is 11.4 Å². The molecule has 2 aromatic rings. The van der Waals surface area contributed by atoms with E-state index >= 15 is 0 Å². The van der Waals surface area contributed by atoms with Crippen LogP contribution in [0.3, 0.4) is 0 Å². The monoisotopic (exact) mass is 302 g/mol. The highest BCUT2D eigenvalue weighted by Gasteiger charge is 2.06. The van der Waals surface area contributed by atoms with Crippen LogP contribution in [0, 0.1) is 0 Å². The minimum atomic E-state index is -0.952. The standard InChI is InChI=1S/C9H11NO2.C7H7NO2/c1-2-10-8-6-4-3-5-7(8)9(11)12;8-6-3-1-2-5(4-6)7(9)10/h3-6,10H,2H2,1H3,(H,11,12);1-4H,8H2,(H,9,10). The molecule has 0 unspecified atom stereocenters. The molecule has 5 N–H and O–H groups in total. The Hall–Kier alpha value is -3.02. The maximum Gasteiger partial charge on any atom is 0.337 e. The molecule has 116 valence electrons. The highest BCUT2D eigenvalue weighted by molar-refractivity contribution is 5.94. The zero-order valence-corrected chi connectivity index (χ0v) is 12.1. The second kappa shape index (κ2) is 8.31. The molecular formula is C16H18N2O4. The molecule has 0 saturated heterocycles. The van der Waals surface area contributed by atoms with Crippen LogP contribution in [0.1, 0.15) is 27.6 Å². The fourth-order valence-electron chi connectivity index (χ4n) is 1.69. The molecule has 0 spiro atoms. The van der Waals surface area contributed by atoms with E-state index in [9.17, 15) is 9.59 Å². The van der Waals surface area contributed by atoms with Crippen LogP contribution in [0.5, 0.6) is 0 Å². The van der Waals surface area contributed by atoms with Gasteiger partial charge in [-0.05, 0) is 37.3 Å². The van der Waals surface area contributed by atoms with Gasteiger partial charge in [0.2, 0.25) is 0 Å². The summed E-state index contributed by atoms with van der Waals surface area (Å²) in [5.74, 6) is -1.85. The summed E-state index contributed by atoms with van der Waals surface area (Å²) in [4.78, 5) is 21.0. The maximum absolute atomic E-state index is 10.7. The molecule has 0 aliphatic rings. The average Bonchev–Trinajstić information content (AvgIpc) is 2.48. The third kappa shape index (κ3) is 5.16. The number of aromatic carboxylic acids is 2. The van der Waals surface area contributed by atoms with Gasteiger partial charge >= 0.3 is 11.9 Å². The van der Waals surface area contributed by atoms with Crippen LogP contribution in [-0.4, -0.2) is 28.7 Å². The lowest BCUT2D eigenvalue weighted by Crippen LogP contribution is -2.04. The van der Waals surface area contributed by atoms with E-state index in [1.807, 2.05) is 13.0 Å². The van der Waals surface area contributed by atoms with Crippen LogP contribution in [0.25, 0.3) is 0 Å². The summed E-state index contributed by atoms with van der Waals surface area (Å²) in [5.41, 5.74) is 7.02. The summed E-state index contributed by atoms with van der Waals surface area (Å²) in [6.07, 6.45) is 0. The summed E-state index contributed by atoms with van der Waals surface area (Å²) < 4.78 is 0. The van der Waals surface area contributed by atoms with Crippen LogP contribution < -0.4 is 11.1 Å². The van der Waals surface area contributed by atoms with E-state index in [1.54, 1.807) is 30.3 Å². The van der Waals surface area contributed by atoms with Crippen molar-refractivity contribution in [1.82, 2.24) is 0 Å². The Morgan fingerprint density at radius 1 is 1.05 bits per heavy atom. The largest absolute Gasteiger partial charge is 0.478 e. The van der Waals surface area contributed by atoms with Gasteiger partial charge in [-0.3, -0.25) is 0 Å². The highest BCUT2D eigenvalue weighted by atomic mass is 16.4. The molecule has 2 aromatic carbocycles. The zero-order valence-electron chi connectivity index (χ0n) is 12.1. The number of anilines is 2. The first-order chi connectivity index (χ1) is 10.5. The molecule has 0 aromatic heterocycles. The molecule has 6 heteroatoms. The predicted octanol–water partition coefficient (Wildman–Crippen LogP) is 2.78. The van der Waals surface area contributed by atoms with Crippen molar-refractivity contribution in [2.24, 2.45) is 0 Å². The number of benzene rings is 2. The molecule has 0 fully saturated rings. The van der Waals surface area contributed by atoms with E-state index in [4.69, 9.17) is 15.9 Å². The summed E-state index contributed by atoms with van der Waals surface area (Å²) in [5, 5.41) is 20.2. The van der Waals surface area contributed by atoms with E-state index in [1.165, 1.54) is 12.1 Å². The molecule has 2 rings (SSSR count). The summed E-state index contributed by atoms with van der Waals surface area (Å²) in [7, 11) is 0. The summed E-state index contributed by atoms with van der Waals surface area (Å²) in [6, 6.07) is 13.0. The van der Waals surface area contributed by atoms with Gasteiger partial charge in [-0.15, -0.1) is 0 Å². The molecule has 0 bridgehead atoms. The van der Waals surface area contributed by atoms with E-state index in [0.717, 1.165) is 6.54 Å². The van der Waals surface area contributed by atoms with Gasteiger partial charge in [-0.2, -0.15) is 0 Å². The fourth-order valence-corrected chi connectivity index (χ4v) is 1.69. The number of nitrogens with one attached hydrogen (secondary N) is 1. The van der Waals surface area contributed by atoms with Gasteiger partial charge in [0.15, 0.2) is 0 Å². The number of carboxylic acids is 2. The van der Waals surface area contributed by atoms with E-state index in [2.05, 4.69) is 5.32 Å². The number of hydrogen-bond donors (Lipinski definition) is 4. The number of carbonyl (C=O) groups is 2.